The Morgan fingerprint density at radius 3 is 2.21 bits per heavy atom. The van der Waals surface area contributed by atoms with Crippen molar-refractivity contribution in [1.29, 1.82) is 0 Å². The fourth-order valence-corrected chi connectivity index (χ4v) is 5.37. The minimum Gasteiger partial charge on any atom is -0.503 e. The summed E-state index contributed by atoms with van der Waals surface area (Å²) in [4.78, 5) is 8.88. The summed E-state index contributed by atoms with van der Waals surface area (Å²) in [5.74, 6) is 3.41. The number of pyridine rings is 2. The van der Waals surface area contributed by atoms with E-state index in [1.165, 1.54) is 11.1 Å². The van der Waals surface area contributed by atoms with Gasteiger partial charge in [0.1, 0.15) is 17.2 Å². The summed E-state index contributed by atoms with van der Waals surface area (Å²) in [6.45, 7) is 4.24. The van der Waals surface area contributed by atoms with E-state index in [0.717, 1.165) is 61.9 Å². The molecule has 0 atom stereocenters. The smallest absolute Gasteiger partial charge is 0.241 e. The van der Waals surface area contributed by atoms with Crippen molar-refractivity contribution in [3.63, 3.8) is 0 Å². The van der Waals surface area contributed by atoms with E-state index in [9.17, 15) is 0 Å². The molecule has 1 radical (unpaired) electrons. The van der Waals surface area contributed by atoms with Gasteiger partial charge in [0.25, 0.3) is 0 Å². The zero-order valence-corrected chi connectivity index (χ0v) is 25.5. The van der Waals surface area contributed by atoms with Crippen LogP contribution in [0.15, 0.2) is 116 Å². The number of hydrogen-bond acceptors (Lipinski definition) is 4. The minimum absolute atomic E-state index is 0. The summed E-state index contributed by atoms with van der Waals surface area (Å²) in [7, 11) is 0. The first-order valence-electron chi connectivity index (χ1n) is 13.6. The largest absolute Gasteiger partial charge is 0.503 e. The predicted octanol–water partition coefficient (Wildman–Crippen LogP) is 6.44. The standard InChI is InChI=1S/C25H17BNO2.C11H8N.Ir/c1-15-13-20(27-14-16(15)2)17-7-5-9-19-25(17)29-23-12-6-11-22-24(23)26(19)18-8-3-4-10-21(18)28-22;1-2-6-10(7-3-1)11-8-4-5-9-12-11;/h3-6,8-14H,1-2H3;1-6,8-9H;/q2*-1;. The summed E-state index contributed by atoms with van der Waals surface area (Å²) in [6, 6.07) is 40.6. The average Bonchev–Trinajstić information content (AvgIpc) is 3.03. The van der Waals surface area contributed by atoms with Gasteiger partial charge in [-0.05, 0) is 60.5 Å². The van der Waals surface area contributed by atoms with Gasteiger partial charge in [-0.25, -0.2) is 0 Å². The van der Waals surface area contributed by atoms with Crippen LogP contribution < -0.4 is 25.9 Å². The Hall–Kier alpha value is -4.51. The zero-order valence-electron chi connectivity index (χ0n) is 23.1. The molecule has 205 valence electrons. The van der Waals surface area contributed by atoms with Crippen molar-refractivity contribution in [1.82, 2.24) is 9.97 Å². The summed E-state index contributed by atoms with van der Waals surface area (Å²) in [6.07, 6.45) is 3.70. The van der Waals surface area contributed by atoms with Gasteiger partial charge in [-0.3, -0.25) is 0 Å². The predicted molar refractivity (Wildman–Crippen MR) is 164 cm³/mol. The van der Waals surface area contributed by atoms with E-state index in [4.69, 9.17) is 9.47 Å². The molecule has 0 saturated heterocycles. The van der Waals surface area contributed by atoms with Gasteiger partial charge in [0, 0.05) is 43.7 Å². The molecule has 0 aliphatic carbocycles. The van der Waals surface area contributed by atoms with E-state index in [1.54, 1.807) is 6.20 Å². The third-order valence-electron chi connectivity index (χ3n) is 7.55. The average molecular weight is 721 g/mol. The van der Waals surface area contributed by atoms with Crippen molar-refractivity contribution in [2.75, 3.05) is 0 Å². The molecule has 0 bridgehead atoms. The molecular formula is C36H25BIrN2O2-2. The van der Waals surface area contributed by atoms with Crippen LogP contribution in [0.25, 0.3) is 22.5 Å². The SMILES string of the molecule is Cc1cnc(-c2[c-]ccc3c2Oc2cccc4c2B3c2ccccc2O4)cc1C.[Ir].[c-]1ccccc1-c1ccccn1. The van der Waals surface area contributed by atoms with Crippen LogP contribution in [0.3, 0.4) is 0 Å². The first-order valence-corrected chi connectivity index (χ1v) is 13.6. The summed E-state index contributed by atoms with van der Waals surface area (Å²) < 4.78 is 12.6. The van der Waals surface area contributed by atoms with Crippen molar-refractivity contribution in [3.05, 3.63) is 139 Å². The van der Waals surface area contributed by atoms with Gasteiger partial charge < -0.3 is 19.4 Å². The molecule has 0 unspecified atom stereocenters. The first-order chi connectivity index (χ1) is 20.2. The van der Waals surface area contributed by atoms with Crippen LogP contribution in [0.2, 0.25) is 0 Å². The van der Waals surface area contributed by atoms with Gasteiger partial charge in [0.05, 0.1) is 0 Å². The molecule has 0 fully saturated rings. The fourth-order valence-electron chi connectivity index (χ4n) is 5.37. The summed E-state index contributed by atoms with van der Waals surface area (Å²) in [5.41, 5.74) is 9.52. The van der Waals surface area contributed by atoms with Crippen LogP contribution in [0.4, 0.5) is 0 Å². The number of para-hydroxylation sites is 1. The van der Waals surface area contributed by atoms with Gasteiger partial charge in [-0.2, -0.15) is 0 Å². The molecule has 6 aromatic rings. The van der Waals surface area contributed by atoms with Crippen LogP contribution in [-0.4, -0.2) is 16.7 Å². The van der Waals surface area contributed by atoms with Crippen molar-refractivity contribution in [3.8, 4) is 45.5 Å². The van der Waals surface area contributed by atoms with Crippen molar-refractivity contribution in [2.24, 2.45) is 0 Å². The van der Waals surface area contributed by atoms with Crippen molar-refractivity contribution < 1.29 is 29.6 Å². The van der Waals surface area contributed by atoms with E-state index in [2.05, 4.69) is 60.2 Å². The molecule has 2 aliphatic heterocycles. The molecule has 0 saturated carbocycles. The van der Waals surface area contributed by atoms with Crippen LogP contribution in [0, 0.1) is 26.0 Å². The molecule has 42 heavy (non-hydrogen) atoms. The van der Waals surface area contributed by atoms with E-state index in [1.807, 2.05) is 85.1 Å². The molecule has 0 spiro atoms. The van der Waals surface area contributed by atoms with Crippen LogP contribution in [-0.2, 0) is 20.1 Å². The molecule has 6 heteroatoms. The monoisotopic (exact) mass is 721 g/mol. The van der Waals surface area contributed by atoms with Gasteiger partial charge in [0.15, 0.2) is 0 Å². The quantitative estimate of drug-likeness (QED) is 0.153. The number of rotatable bonds is 2. The number of aromatic nitrogens is 2. The Labute approximate surface area is 259 Å². The van der Waals surface area contributed by atoms with Gasteiger partial charge in [0.2, 0.25) is 6.71 Å². The Bertz CT molecular complexity index is 1840. The van der Waals surface area contributed by atoms with Crippen molar-refractivity contribution in [2.45, 2.75) is 13.8 Å². The maximum atomic E-state index is 6.44. The molecule has 4 nitrogen and oxygen atoms in total. The van der Waals surface area contributed by atoms with Crippen molar-refractivity contribution >= 4 is 23.1 Å². The number of benzene rings is 4. The third kappa shape index (κ3) is 5.05. The van der Waals surface area contributed by atoms with E-state index in [-0.39, 0.29) is 26.8 Å². The van der Waals surface area contributed by atoms with Gasteiger partial charge in [-0.1, -0.05) is 53.6 Å². The summed E-state index contributed by atoms with van der Waals surface area (Å²) >= 11 is 0. The third-order valence-corrected chi connectivity index (χ3v) is 7.55. The normalized spacial score (nSPS) is 11.7. The van der Waals surface area contributed by atoms with E-state index < -0.39 is 0 Å². The first kappa shape index (κ1) is 27.7. The summed E-state index contributed by atoms with van der Waals surface area (Å²) in [5, 5.41) is 0. The second-order valence-corrected chi connectivity index (χ2v) is 10.1. The molecule has 8 rings (SSSR count). The molecular weight excluding hydrogens is 695 g/mol. The molecule has 2 aliphatic rings. The van der Waals surface area contributed by atoms with Gasteiger partial charge in [-0.15, -0.1) is 59.6 Å². The van der Waals surface area contributed by atoms with Crippen LogP contribution in [0.1, 0.15) is 11.1 Å². The number of aryl methyl sites for hydroxylation is 2. The fraction of sp³-hybridized carbons (Fsp3) is 0.0556. The Balaban J connectivity index is 0.000000205. The maximum absolute atomic E-state index is 6.44. The van der Waals surface area contributed by atoms with E-state index >= 15 is 0 Å². The Kier molecular flexibility index (Phi) is 7.75. The molecule has 2 aromatic heterocycles. The van der Waals surface area contributed by atoms with Gasteiger partial charge >= 0.3 is 0 Å². The Morgan fingerprint density at radius 1 is 0.643 bits per heavy atom. The molecule has 0 amide bonds. The maximum Gasteiger partial charge on any atom is 0.241 e. The second kappa shape index (κ2) is 11.8. The second-order valence-electron chi connectivity index (χ2n) is 10.1. The van der Waals surface area contributed by atoms with Crippen LogP contribution in [0.5, 0.6) is 23.0 Å². The number of hydrogen-bond donors (Lipinski definition) is 0. The topological polar surface area (TPSA) is 44.2 Å². The minimum atomic E-state index is 0. The molecule has 0 N–H and O–H groups in total. The van der Waals surface area contributed by atoms with Crippen LogP contribution >= 0.6 is 0 Å². The zero-order chi connectivity index (χ0) is 27.8. The van der Waals surface area contributed by atoms with E-state index in [0.29, 0.717) is 0 Å². The number of fused-ring (bicyclic) bond motifs is 4. The molecule has 4 aromatic carbocycles. The number of ether oxygens (including phenoxy) is 2. The number of nitrogens with zero attached hydrogens (tertiary/aromatic N) is 2. The molecule has 4 heterocycles. The Morgan fingerprint density at radius 2 is 1.43 bits per heavy atom.